The molecule has 1 aliphatic heterocycles. The van der Waals surface area contributed by atoms with Crippen LogP contribution in [-0.2, 0) is 24.2 Å². The van der Waals surface area contributed by atoms with E-state index < -0.39 is 5.54 Å². The maximum absolute atomic E-state index is 13.5. The van der Waals surface area contributed by atoms with E-state index >= 15 is 0 Å². The highest BCUT2D eigenvalue weighted by molar-refractivity contribution is 6.07. The molecule has 1 aliphatic rings. The van der Waals surface area contributed by atoms with Gasteiger partial charge in [-0.1, -0.05) is 91.0 Å². The fourth-order valence-corrected chi connectivity index (χ4v) is 3.78. The SMILES string of the molecule is O=C1NC(Cc2ccccc2)(Cc2ccccc2)C(=O)N1Cc1ccccc1. The number of imide groups is 1. The lowest BCUT2D eigenvalue weighted by Gasteiger charge is -2.27. The van der Waals surface area contributed by atoms with Gasteiger partial charge >= 0.3 is 6.03 Å². The Morgan fingerprint density at radius 1 is 0.643 bits per heavy atom. The van der Waals surface area contributed by atoms with Crippen LogP contribution in [0.3, 0.4) is 0 Å². The van der Waals surface area contributed by atoms with Gasteiger partial charge in [0.2, 0.25) is 0 Å². The molecule has 3 aromatic carbocycles. The van der Waals surface area contributed by atoms with Crippen molar-refractivity contribution in [2.45, 2.75) is 24.9 Å². The average Bonchev–Trinajstić information content (AvgIpc) is 2.94. The number of carbonyl (C=O) groups excluding carboxylic acids is 2. The Balaban J connectivity index is 1.66. The molecule has 140 valence electrons. The molecule has 0 aliphatic carbocycles. The van der Waals surface area contributed by atoms with Crippen LogP contribution in [0.2, 0.25) is 0 Å². The largest absolute Gasteiger partial charge is 0.325 e. The van der Waals surface area contributed by atoms with Gasteiger partial charge in [0, 0.05) is 12.8 Å². The third kappa shape index (κ3) is 3.67. The number of nitrogens with zero attached hydrogens (tertiary/aromatic N) is 1. The van der Waals surface area contributed by atoms with Gasteiger partial charge < -0.3 is 5.32 Å². The smallest absolute Gasteiger partial charge is 0.322 e. The second kappa shape index (κ2) is 7.69. The second-order valence-corrected chi connectivity index (χ2v) is 7.21. The molecule has 4 heteroatoms. The van der Waals surface area contributed by atoms with E-state index in [2.05, 4.69) is 5.32 Å². The van der Waals surface area contributed by atoms with Crippen molar-refractivity contribution in [3.8, 4) is 0 Å². The molecule has 3 amide bonds. The highest BCUT2D eigenvalue weighted by atomic mass is 16.2. The molecule has 1 saturated heterocycles. The van der Waals surface area contributed by atoms with Gasteiger partial charge in [0.1, 0.15) is 5.54 Å². The second-order valence-electron chi connectivity index (χ2n) is 7.21. The van der Waals surface area contributed by atoms with Crippen molar-refractivity contribution in [3.63, 3.8) is 0 Å². The van der Waals surface area contributed by atoms with Crippen LogP contribution < -0.4 is 5.32 Å². The van der Waals surface area contributed by atoms with E-state index in [0.717, 1.165) is 16.7 Å². The molecule has 28 heavy (non-hydrogen) atoms. The summed E-state index contributed by atoms with van der Waals surface area (Å²) in [5.74, 6) is -0.172. The third-order valence-electron chi connectivity index (χ3n) is 5.13. The normalized spacial score (nSPS) is 15.5. The fourth-order valence-electron chi connectivity index (χ4n) is 3.78. The predicted molar refractivity (Wildman–Crippen MR) is 109 cm³/mol. The molecule has 1 heterocycles. The molecule has 1 fully saturated rings. The van der Waals surface area contributed by atoms with Crippen molar-refractivity contribution >= 4 is 11.9 Å². The molecule has 4 rings (SSSR count). The Bertz CT molecular complexity index is 914. The first-order valence-corrected chi connectivity index (χ1v) is 9.42. The molecule has 4 nitrogen and oxygen atoms in total. The van der Waals surface area contributed by atoms with Gasteiger partial charge in [0.05, 0.1) is 6.54 Å². The standard InChI is InChI=1S/C24H22N2O2/c27-22-24(16-19-10-4-1-5-11-19,17-20-12-6-2-7-13-20)25-23(28)26(22)18-21-14-8-3-9-15-21/h1-15H,16-18H2,(H,25,28). The molecular weight excluding hydrogens is 348 g/mol. The average molecular weight is 370 g/mol. The number of nitrogens with one attached hydrogen (secondary N) is 1. The predicted octanol–water partition coefficient (Wildman–Crippen LogP) is 3.96. The van der Waals surface area contributed by atoms with Crippen molar-refractivity contribution in [2.24, 2.45) is 0 Å². The van der Waals surface area contributed by atoms with Gasteiger partial charge in [-0.25, -0.2) is 4.79 Å². The number of hydrogen-bond donors (Lipinski definition) is 1. The maximum Gasteiger partial charge on any atom is 0.325 e. The zero-order valence-corrected chi connectivity index (χ0v) is 15.5. The lowest BCUT2D eigenvalue weighted by molar-refractivity contribution is -0.131. The molecule has 0 saturated carbocycles. The van der Waals surface area contributed by atoms with Crippen LogP contribution in [0.25, 0.3) is 0 Å². The Hall–Kier alpha value is -3.40. The summed E-state index contributed by atoms with van der Waals surface area (Å²) >= 11 is 0. The number of carbonyl (C=O) groups is 2. The van der Waals surface area contributed by atoms with Crippen LogP contribution in [0.5, 0.6) is 0 Å². The zero-order valence-electron chi connectivity index (χ0n) is 15.5. The molecule has 0 unspecified atom stereocenters. The minimum Gasteiger partial charge on any atom is -0.322 e. The highest BCUT2D eigenvalue weighted by Crippen LogP contribution is 2.28. The molecule has 1 N–H and O–H groups in total. The van der Waals surface area contributed by atoms with E-state index in [0.29, 0.717) is 12.8 Å². The monoisotopic (exact) mass is 370 g/mol. The summed E-state index contributed by atoms with van der Waals surface area (Å²) in [5, 5.41) is 3.02. The van der Waals surface area contributed by atoms with Crippen LogP contribution in [0, 0.1) is 0 Å². The first kappa shape index (κ1) is 18.0. The molecule has 0 radical (unpaired) electrons. The Morgan fingerprint density at radius 2 is 1.07 bits per heavy atom. The summed E-state index contributed by atoms with van der Waals surface area (Å²) in [6.45, 7) is 0.275. The zero-order chi connectivity index (χ0) is 19.4. The van der Waals surface area contributed by atoms with Crippen LogP contribution >= 0.6 is 0 Å². The van der Waals surface area contributed by atoms with Crippen molar-refractivity contribution in [1.82, 2.24) is 10.2 Å². The van der Waals surface area contributed by atoms with Crippen LogP contribution in [0.4, 0.5) is 4.79 Å². The van der Waals surface area contributed by atoms with E-state index in [4.69, 9.17) is 0 Å². The first-order valence-electron chi connectivity index (χ1n) is 9.42. The van der Waals surface area contributed by atoms with Gasteiger partial charge in [0.25, 0.3) is 5.91 Å². The summed E-state index contributed by atoms with van der Waals surface area (Å²) in [5.41, 5.74) is 2.00. The third-order valence-corrected chi connectivity index (χ3v) is 5.13. The van der Waals surface area contributed by atoms with Crippen LogP contribution in [-0.4, -0.2) is 22.4 Å². The lowest BCUT2D eigenvalue weighted by atomic mass is 9.84. The molecule has 3 aromatic rings. The van der Waals surface area contributed by atoms with Crippen molar-refractivity contribution in [2.75, 3.05) is 0 Å². The number of rotatable bonds is 6. The number of urea groups is 1. The summed E-state index contributed by atoms with van der Waals surface area (Å²) < 4.78 is 0. The summed E-state index contributed by atoms with van der Waals surface area (Å²) in [6, 6.07) is 28.9. The molecule has 0 bridgehead atoms. The number of benzene rings is 3. The van der Waals surface area contributed by atoms with E-state index in [-0.39, 0.29) is 18.5 Å². The van der Waals surface area contributed by atoms with Crippen LogP contribution in [0.1, 0.15) is 16.7 Å². The Morgan fingerprint density at radius 3 is 1.54 bits per heavy atom. The van der Waals surface area contributed by atoms with Crippen molar-refractivity contribution in [1.29, 1.82) is 0 Å². The quantitative estimate of drug-likeness (QED) is 0.668. The molecule has 0 spiro atoms. The van der Waals surface area contributed by atoms with E-state index in [1.54, 1.807) is 0 Å². The number of amides is 3. The fraction of sp³-hybridized carbons (Fsp3) is 0.167. The van der Waals surface area contributed by atoms with Crippen LogP contribution in [0.15, 0.2) is 91.0 Å². The first-order chi connectivity index (χ1) is 13.7. The molecule has 0 aromatic heterocycles. The molecular formula is C24H22N2O2. The van der Waals surface area contributed by atoms with E-state index in [1.165, 1.54) is 4.90 Å². The minimum atomic E-state index is -0.978. The minimum absolute atomic E-state index is 0.172. The van der Waals surface area contributed by atoms with E-state index in [1.807, 2.05) is 91.0 Å². The lowest BCUT2D eigenvalue weighted by Crippen LogP contribution is -2.51. The van der Waals surface area contributed by atoms with Gasteiger partial charge in [-0.05, 0) is 16.7 Å². The van der Waals surface area contributed by atoms with Gasteiger partial charge in [-0.15, -0.1) is 0 Å². The van der Waals surface area contributed by atoms with Gasteiger partial charge in [-0.3, -0.25) is 9.69 Å². The Kier molecular flexibility index (Phi) is 4.94. The van der Waals surface area contributed by atoms with Gasteiger partial charge in [-0.2, -0.15) is 0 Å². The summed E-state index contributed by atoms with van der Waals surface area (Å²) in [7, 11) is 0. The summed E-state index contributed by atoms with van der Waals surface area (Å²) in [4.78, 5) is 27.6. The number of hydrogen-bond acceptors (Lipinski definition) is 2. The van der Waals surface area contributed by atoms with Crippen molar-refractivity contribution in [3.05, 3.63) is 108 Å². The Labute approximate surface area is 164 Å². The van der Waals surface area contributed by atoms with Gasteiger partial charge in [0.15, 0.2) is 0 Å². The maximum atomic E-state index is 13.5. The van der Waals surface area contributed by atoms with Crippen molar-refractivity contribution < 1.29 is 9.59 Å². The summed E-state index contributed by atoms with van der Waals surface area (Å²) in [6.07, 6.45) is 0.914. The highest BCUT2D eigenvalue weighted by Gasteiger charge is 2.50. The molecule has 0 atom stereocenters. The van der Waals surface area contributed by atoms with E-state index in [9.17, 15) is 9.59 Å². The topological polar surface area (TPSA) is 49.4 Å².